The molecular formula is C20H19N7OS. The van der Waals surface area contributed by atoms with E-state index < -0.39 is 0 Å². The maximum Gasteiger partial charge on any atom is 0.254 e. The molecule has 146 valence electrons. The zero-order chi connectivity index (χ0) is 20.1. The standard InChI is InChI=1S/C20H19N7OS/c1-14-12-17(27-20(26-14)24-13-25-27)21-10-11-22-18(28)16-8-5-9-23-19(16)29-15-6-3-2-4-7-15/h2-9,12-13,21H,10-11H2,1H3,(H,22,28). The van der Waals surface area contributed by atoms with Crippen LogP contribution >= 0.6 is 11.8 Å². The van der Waals surface area contributed by atoms with Crippen LogP contribution in [0.4, 0.5) is 5.82 Å². The number of hydrogen-bond acceptors (Lipinski definition) is 7. The first kappa shape index (κ1) is 18.9. The molecule has 0 spiro atoms. The average molecular weight is 405 g/mol. The van der Waals surface area contributed by atoms with Gasteiger partial charge in [0.25, 0.3) is 11.7 Å². The Balaban J connectivity index is 1.37. The molecule has 0 atom stereocenters. The summed E-state index contributed by atoms with van der Waals surface area (Å²) in [5, 5.41) is 11.0. The molecule has 0 bridgehead atoms. The van der Waals surface area contributed by atoms with Crippen molar-refractivity contribution < 1.29 is 4.79 Å². The molecule has 0 aliphatic carbocycles. The van der Waals surface area contributed by atoms with E-state index >= 15 is 0 Å². The van der Waals surface area contributed by atoms with E-state index in [0.717, 1.165) is 16.4 Å². The van der Waals surface area contributed by atoms with Gasteiger partial charge in [0.05, 0.1) is 5.56 Å². The Labute approximate surface area is 171 Å². The Morgan fingerprint density at radius 2 is 1.97 bits per heavy atom. The SMILES string of the molecule is Cc1cc(NCCNC(=O)c2cccnc2Sc2ccccc2)n2ncnc2n1. The smallest absolute Gasteiger partial charge is 0.254 e. The first-order chi connectivity index (χ1) is 14.2. The fourth-order valence-corrected chi connectivity index (χ4v) is 3.66. The van der Waals surface area contributed by atoms with Crippen molar-refractivity contribution in [1.82, 2.24) is 29.9 Å². The summed E-state index contributed by atoms with van der Waals surface area (Å²) >= 11 is 1.47. The molecular weight excluding hydrogens is 386 g/mol. The molecule has 0 aliphatic heterocycles. The minimum absolute atomic E-state index is 0.157. The molecule has 3 aromatic heterocycles. The van der Waals surface area contributed by atoms with Gasteiger partial charge in [-0.3, -0.25) is 4.79 Å². The van der Waals surface area contributed by atoms with E-state index in [2.05, 4.69) is 30.7 Å². The number of anilines is 1. The van der Waals surface area contributed by atoms with E-state index in [4.69, 9.17) is 0 Å². The van der Waals surface area contributed by atoms with Crippen molar-refractivity contribution >= 4 is 29.3 Å². The van der Waals surface area contributed by atoms with Gasteiger partial charge >= 0.3 is 0 Å². The lowest BCUT2D eigenvalue weighted by atomic mass is 10.2. The Kier molecular flexibility index (Phi) is 5.66. The van der Waals surface area contributed by atoms with Crippen LogP contribution in [0.15, 0.2) is 71.0 Å². The summed E-state index contributed by atoms with van der Waals surface area (Å²) in [6.45, 7) is 2.88. The van der Waals surface area contributed by atoms with Crippen molar-refractivity contribution in [2.24, 2.45) is 0 Å². The number of hydrogen-bond donors (Lipinski definition) is 2. The van der Waals surface area contributed by atoms with E-state index in [0.29, 0.717) is 29.5 Å². The Bertz CT molecular complexity index is 1130. The number of carbonyl (C=O) groups is 1. The van der Waals surface area contributed by atoms with E-state index in [-0.39, 0.29) is 5.91 Å². The quantitative estimate of drug-likeness (QED) is 0.456. The van der Waals surface area contributed by atoms with Crippen LogP contribution in [0.1, 0.15) is 16.1 Å². The third kappa shape index (κ3) is 4.52. The van der Waals surface area contributed by atoms with Crippen LogP contribution in [0.5, 0.6) is 0 Å². The second kappa shape index (κ2) is 8.70. The maximum atomic E-state index is 12.7. The second-order valence-electron chi connectivity index (χ2n) is 6.21. The van der Waals surface area contributed by atoms with Gasteiger partial charge in [-0.1, -0.05) is 30.0 Å². The van der Waals surface area contributed by atoms with E-state index in [9.17, 15) is 4.79 Å². The zero-order valence-electron chi connectivity index (χ0n) is 15.7. The van der Waals surface area contributed by atoms with Crippen LogP contribution in [0.25, 0.3) is 5.78 Å². The number of aromatic nitrogens is 5. The molecule has 4 aromatic rings. The second-order valence-corrected chi connectivity index (χ2v) is 7.27. The van der Waals surface area contributed by atoms with Gasteiger partial charge in [-0.05, 0) is 31.2 Å². The molecule has 2 N–H and O–H groups in total. The number of fused-ring (bicyclic) bond motifs is 1. The van der Waals surface area contributed by atoms with Gasteiger partial charge in [0.15, 0.2) is 0 Å². The monoisotopic (exact) mass is 405 g/mol. The van der Waals surface area contributed by atoms with Crippen molar-refractivity contribution in [2.45, 2.75) is 16.8 Å². The Hall–Kier alpha value is -3.46. The Morgan fingerprint density at radius 3 is 2.83 bits per heavy atom. The third-order valence-electron chi connectivity index (χ3n) is 4.07. The van der Waals surface area contributed by atoms with E-state index in [1.54, 1.807) is 22.8 Å². The molecule has 4 rings (SSSR count). The lowest BCUT2D eigenvalue weighted by molar-refractivity contribution is 0.0951. The maximum absolute atomic E-state index is 12.7. The van der Waals surface area contributed by atoms with Gasteiger partial charge in [0.1, 0.15) is 17.2 Å². The third-order valence-corrected chi connectivity index (χ3v) is 5.10. The molecule has 0 saturated carbocycles. The van der Waals surface area contributed by atoms with Gasteiger partial charge in [0, 0.05) is 35.9 Å². The van der Waals surface area contributed by atoms with Crippen LogP contribution in [0.3, 0.4) is 0 Å². The number of nitrogens with one attached hydrogen (secondary N) is 2. The van der Waals surface area contributed by atoms with Gasteiger partial charge in [-0.25, -0.2) is 9.97 Å². The lowest BCUT2D eigenvalue weighted by Gasteiger charge is -2.11. The number of aryl methyl sites for hydroxylation is 1. The summed E-state index contributed by atoms with van der Waals surface area (Å²) in [5.41, 5.74) is 1.40. The number of carbonyl (C=O) groups excluding carboxylic acids is 1. The fraction of sp³-hybridized carbons (Fsp3) is 0.150. The number of amides is 1. The largest absolute Gasteiger partial charge is 0.368 e. The summed E-state index contributed by atoms with van der Waals surface area (Å²) in [4.78, 5) is 26.5. The molecule has 3 heterocycles. The molecule has 1 amide bonds. The summed E-state index contributed by atoms with van der Waals surface area (Å²) in [5.74, 6) is 1.16. The average Bonchev–Trinajstić information content (AvgIpc) is 3.20. The predicted molar refractivity (Wildman–Crippen MR) is 111 cm³/mol. The molecule has 0 radical (unpaired) electrons. The van der Waals surface area contributed by atoms with Crippen LogP contribution in [0, 0.1) is 6.92 Å². The van der Waals surface area contributed by atoms with Crippen LogP contribution in [0.2, 0.25) is 0 Å². The highest BCUT2D eigenvalue weighted by atomic mass is 32.2. The van der Waals surface area contributed by atoms with Gasteiger partial charge in [0.2, 0.25) is 0 Å². The van der Waals surface area contributed by atoms with Crippen LogP contribution in [-0.4, -0.2) is 43.6 Å². The van der Waals surface area contributed by atoms with Crippen molar-refractivity contribution in [3.63, 3.8) is 0 Å². The molecule has 0 aliphatic rings. The van der Waals surface area contributed by atoms with Gasteiger partial charge in [-0.15, -0.1) is 0 Å². The van der Waals surface area contributed by atoms with Crippen molar-refractivity contribution in [3.8, 4) is 0 Å². The summed E-state index contributed by atoms with van der Waals surface area (Å²) in [7, 11) is 0. The van der Waals surface area contributed by atoms with Gasteiger partial charge in [-0.2, -0.15) is 14.6 Å². The summed E-state index contributed by atoms with van der Waals surface area (Å²) in [6, 6.07) is 15.3. The van der Waals surface area contributed by atoms with Crippen LogP contribution < -0.4 is 10.6 Å². The Morgan fingerprint density at radius 1 is 1.10 bits per heavy atom. The molecule has 8 nitrogen and oxygen atoms in total. The molecule has 0 saturated heterocycles. The normalized spacial score (nSPS) is 10.8. The minimum Gasteiger partial charge on any atom is -0.368 e. The highest BCUT2D eigenvalue weighted by Crippen LogP contribution is 2.28. The zero-order valence-corrected chi connectivity index (χ0v) is 16.6. The van der Waals surface area contributed by atoms with Crippen molar-refractivity contribution in [2.75, 3.05) is 18.4 Å². The van der Waals surface area contributed by atoms with E-state index in [1.807, 2.05) is 43.3 Å². The van der Waals surface area contributed by atoms with E-state index in [1.165, 1.54) is 18.1 Å². The first-order valence-electron chi connectivity index (χ1n) is 9.08. The number of nitrogens with zero attached hydrogens (tertiary/aromatic N) is 5. The molecule has 0 unspecified atom stereocenters. The topological polar surface area (TPSA) is 97.1 Å². The fourth-order valence-electron chi connectivity index (χ4n) is 2.76. The molecule has 9 heteroatoms. The minimum atomic E-state index is -0.157. The summed E-state index contributed by atoms with van der Waals surface area (Å²) in [6.07, 6.45) is 3.15. The first-order valence-corrected chi connectivity index (χ1v) is 9.90. The highest BCUT2D eigenvalue weighted by molar-refractivity contribution is 7.99. The van der Waals surface area contributed by atoms with Crippen LogP contribution in [-0.2, 0) is 0 Å². The van der Waals surface area contributed by atoms with Crippen molar-refractivity contribution in [3.05, 3.63) is 72.3 Å². The number of pyridine rings is 1. The summed E-state index contributed by atoms with van der Waals surface area (Å²) < 4.78 is 1.63. The van der Waals surface area contributed by atoms with Crippen molar-refractivity contribution in [1.29, 1.82) is 0 Å². The highest BCUT2D eigenvalue weighted by Gasteiger charge is 2.13. The molecule has 29 heavy (non-hydrogen) atoms. The lowest BCUT2D eigenvalue weighted by Crippen LogP contribution is -2.29. The van der Waals surface area contributed by atoms with Gasteiger partial charge < -0.3 is 10.6 Å². The predicted octanol–water partition coefficient (Wildman–Crippen LogP) is 2.82. The number of benzene rings is 1. The molecule has 1 aromatic carbocycles. The number of rotatable bonds is 7. The molecule has 0 fully saturated rings.